The number of aryl methyl sites for hydroxylation is 2. The summed E-state index contributed by atoms with van der Waals surface area (Å²) in [5, 5.41) is 2.89. The molecule has 0 aromatic heterocycles. The van der Waals surface area contributed by atoms with Crippen LogP contribution in [0.25, 0.3) is 0 Å². The molecule has 8 heteroatoms. The van der Waals surface area contributed by atoms with Gasteiger partial charge in [-0.25, -0.2) is 8.42 Å². The van der Waals surface area contributed by atoms with Crippen molar-refractivity contribution in [2.75, 3.05) is 31.0 Å². The van der Waals surface area contributed by atoms with Gasteiger partial charge in [0.25, 0.3) is 15.9 Å². The maximum Gasteiger partial charge on any atom is 0.262 e. The smallest absolute Gasteiger partial charge is 0.262 e. The highest BCUT2D eigenvalue weighted by Gasteiger charge is 2.19. The van der Waals surface area contributed by atoms with Gasteiger partial charge in [0.05, 0.1) is 18.1 Å². The van der Waals surface area contributed by atoms with E-state index in [1.54, 1.807) is 37.3 Å². The highest BCUT2D eigenvalue weighted by Crippen LogP contribution is 2.21. The number of amides is 1. The summed E-state index contributed by atoms with van der Waals surface area (Å²) in [4.78, 5) is 15.2. The van der Waals surface area contributed by atoms with E-state index in [9.17, 15) is 13.2 Å². The van der Waals surface area contributed by atoms with Gasteiger partial charge in [0.2, 0.25) is 0 Å². The van der Waals surface area contributed by atoms with Crippen molar-refractivity contribution >= 4 is 21.6 Å². The molecule has 4 rings (SSSR count). The number of anilines is 1. The molecule has 1 aliphatic heterocycles. The minimum atomic E-state index is -3.84. The van der Waals surface area contributed by atoms with Crippen LogP contribution in [0.3, 0.4) is 0 Å². The lowest BCUT2D eigenvalue weighted by atomic mass is 10.1. The number of ether oxygens (including phenoxy) is 1. The number of nitrogens with zero attached hydrogens (tertiary/aromatic N) is 1. The lowest BCUT2D eigenvalue weighted by Gasteiger charge is -2.26. The zero-order chi connectivity index (χ0) is 24.8. The fraction of sp³-hybridized carbons (Fsp3) is 0.296. The molecule has 1 heterocycles. The molecular formula is C27H31N3O4S. The van der Waals surface area contributed by atoms with E-state index in [0.717, 1.165) is 44.0 Å². The molecule has 3 aromatic carbocycles. The monoisotopic (exact) mass is 493 g/mol. The highest BCUT2D eigenvalue weighted by molar-refractivity contribution is 7.92. The number of rotatable bonds is 8. The quantitative estimate of drug-likeness (QED) is 0.498. The third kappa shape index (κ3) is 6.69. The molecule has 0 atom stereocenters. The van der Waals surface area contributed by atoms with Crippen molar-refractivity contribution < 1.29 is 17.9 Å². The standard InChI is InChI=1S/C27H31N3O4S/c1-20-4-3-5-25(16-20)29-35(32,33)26-17-24(11-6-21(26)2)27(31)28-18-22-7-9-23(10-8-22)19-30-12-14-34-15-13-30/h3-11,16-17,29H,12-15,18-19H2,1-2H3,(H,28,31). The molecule has 0 radical (unpaired) electrons. The van der Waals surface area contributed by atoms with Gasteiger partial charge < -0.3 is 10.1 Å². The van der Waals surface area contributed by atoms with Crippen LogP contribution in [0.2, 0.25) is 0 Å². The first kappa shape index (κ1) is 24.9. The largest absolute Gasteiger partial charge is 0.379 e. The normalized spacial score (nSPS) is 14.5. The van der Waals surface area contributed by atoms with Crippen molar-refractivity contribution in [2.45, 2.75) is 31.8 Å². The van der Waals surface area contributed by atoms with Gasteiger partial charge in [0.1, 0.15) is 0 Å². The molecular weight excluding hydrogens is 462 g/mol. The SMILES string of the molecule is Cc1cccc(NS(=O)(=O)c2cc(C(=O)NCc3ccc(CN4CCOCC4)cc3)ccc2C)c1. The van der Waals surface area contributed by atoms with Crippen LogP contribution in [0.5, 0.6) is 0 Å². The summed E-state index contributed by atoms with van der Waals surface area (Å²) in [5.74, 6) is -0.325. The molecule has 3 aromatic rings. The third-order valence-electron chi connectivity index (χ3n) is 6.00. The van der Waals surface area contributed by atoms with Crippen LogP contribution in [0.15, 0.2) is 71.6 Å². The molecule has 1 aliphatic rings. The average Bonchev–Trinajstić information content (AvgIpc) is 2.84. The molecule has 0 unspecified atom stereocenters. The fourth-order valence-electron chi connectivity index (χ4n) is 4.01. The number of nitrogens with one attached hydrogen (secondary N) is 2. The van der Waals surface area contributed by atoms with Crippen LogP contribution in [0.4, 0.5) is 5.69 Å². The van der Waals surface area contributed by atoms with Gasteiger partial charge in [-0.1, -0.05) is 42.5 Å². The van der Waals surface area contributed by atoms with Crippen molar-refractivity contribution in [3.05, 3.63) is 94.5 Å². The Bertz CT molecular complexity index is 1280. The molecule has 2 N–H and O–H groups in total. The number of hydrogen-bond acceptors (Lipinski definition) is 5. The third-order valence-corrected chi connectivity index (χ3v) is 7.52. The van der Waals surface area contributed by atoms with Crippen LogP contribution in [0, 0.1) is 13.8 Å². The molecule has 0 spiro atoms. The van der Waals surface area contributed by atoms with Gasteiger partial charge in [0.15, 0.2) is 0 Å². The highest BCUT2D eigenvalue weighted by atomic mass is 32.2. The van der Waals surface area contributed by atoms with Crippen LogP contribution in [-0.4, -0.2) is 45.5 Å². The van der Waals surface area contributed by atoms with E-state index in [4.69, 9.17) is 4.74 Å². The molecule has 184 valence electrons. The Morgan fingerprint density at radius 3 is 2.37 bits per heavy atom. The number of carbonyl (C=O) groups is 1. The Morgan fingerprint density at radius 1 is 0.943 bits per heavy atom. The van der Waals surface area contributed by atoms with E-state index in [0.29, 0.717) is 23.4 Å². The van der Waals surface area contributed by atoms with Crippen LogP contribution in [-0.2, 0) is 27.8 Å². The Labute approximate surface area is 207 Å². The van der Waals surface area contributed by atoms with E-state index in [1.807, 2.05) is 25.1 Å². The van der Waals surface area contributed by atoms with Crippen molar-refractivity contribution in [3.63, 3.8) is 0 Å². The van der Waals surface area contributed by atoms with Crippen LogP contribution < -0.4 is 10.0 Å². The minimum Gasteiger partial charge on any atom is -0.379 e. The summed E-state index contributed by atoms with van der Waals surface area (Å²) < 4.78 is 34.0. The number of hydrogen-bond donors (Lipinski definition) is 2. The van der Waals surface area contributed by atoms with Gasteiger partial charge in [-0.05, 0) is 60.4 Å². The van der Waals surface area contributed by atoms with E-state index in [1.165, 1.54) is 11.6 Å². The molecule has 0 bridgehead atoms. The maximum absolute atomic E-state index is 13.0. The van der Waals surface area contributed by atoms with E-state index >= 15 is 0 Å². The van der Waals surface area contributed by atoms with Gasteiger partial charge >= 0.3 is 0 Å². The van der Waals surface area contributed by atoms with Crippen molar-refractivity contribution in [3.8, 4) is 0 Å². The predicted molar refractivity (Wildman–Crippen MR) is 137 cm³/mol. The Balaban J connectivity index is 1.39. The predicted octanol–water partition coefficient (Wildman–Crippen LogP) is 3.87. The van der Waals surface area contributed by atoms with Crippen molar-refractivity contribution in [1.29, 1.82) is 0 Å². The summed E-state index contributed by atoms with van der Waals surface area (Å²) in [7, 11) is -3.84. The summed E-state index contributed by atoms with van der Waals surface area (Å²) in [5.41, 5.74) is 4.49. The summed E-state index contributed by atoms with van der Waals surface area (Å²) in [6.45, 7) is 8.26. The van der Waals surface area contributed by atoms with Crippen molar-refractivity contribution in [2.24, 2.45) is 0 Å². The van der Waals surface area contributed by atoms with Gasteiger partial charge in [-0.15, -0.1) is 0 Å². The van der Waals surface area contributed by atoms with Gasteiger partial charge in [-0.2, -0.15) is 0 Å². The van der Waals surface area contributed by atoms with E-state index < -0.39 is 10.0 Å². The Kier molecular flexibility index (Phi) is 7.85. The van der Waals surface area contributed by atoms with E-state index in [2.05, 4.69) is 27.1 Å². The number of carbonyl (C=O) groups excluding carboxylic acids is 1. The first-order valence-corrected chi connectivity index (χ1v) is 13.1. The van der Waals surface area contributed by atoms with Gasteiger partial charge in [0, 0.05) is 37.4 Å². The molecule has 35 heavy (non-hydrogen) atoms. The topological polar surface area (TPSA) is 87.7 Å². The first-order valence-electron chi connectivity index (χ1n) is 11.7. The summed E-state index contributed by atoms with van der Waals surface area (Å²) >= 11 is 0. The first-order chi connectivity index (χ1) is 16.8. The second-order valence-electron chi connectivity index (χ2n) is 8.84. The zero-order valence-electron chi connectivity index (χ0n) is 20.1. The lowest BCUT2D eigenvalue weighted by Crippen LogP contribution is -2.35. The van der Waals surface area contributed by atoms with Crippen LogP contribution >= 0.6 is 0 Å². The zero-order valence-corrected chi connectivity index (χ0v) is 20.9. The molecule has 7 nitrogen and oxygen atoms in total. The number of benzene rings is 3. The summed E-state index contributed by atoms with van der Waals surface area (Å²) in [6.07, 6.45) is 0. The maximum atomic E-state index is 13.0. The fourth-order valence-corrected chi connectivity index (χ4v) is 5.34. The average molecular weight is 494 g/mol. The molecule has 1 fully saturated rings. The molecule has 0 saturated carbocycles. The molecule has 1 saturated heterocycles. The molecule has 0 aliphatic carbocycles. The van der Waals surface area contributed by atoms with Crippen LogP contribution in [0.1, 0.15) is 32.6 Å². The number of sulfonamides is 1. The molecule has 1 amide bonds. The second kappa shape index (κ2) is 11.0. The second-order valence-corrected chi connectivity index (χ2v) is 10.5. The van der Waals surface area contributed by atoms with Gasteiger partial charge in [-0.3, -0.25) is 14.4 Å². The lowest BCUT2D eigenvalue weighted by molar-refractivity contribution is 0.0342. The Hall–Kier alpha value is -3.20. The summed E-state index contributed by atoms with van der Waals surface area (Å²) in [6, 6.07) is 20.0. The Morgan fingerprint density at radius 2 is 1.66 bits per heavy atom. The minimum absolute atomic E-state index is 0.0825. The number of morpholine rings is 1. The van der Waals surface area contributed by atoms with E-state index in [-0.39, 0.29) is 10.8 Å². The van der Waals surface area contributed by atoms with Crippen molar-refractivity contribution in [1.82, 2.24) is 10.2 Å².